The summed E-state index contributed by atoms with van der Waals surface area (Å²) >= 11 is 0. The van der Waals surface area contributed by atoms with Gasteiger partial charge in [0.1, 0.15) is 11.4 Å². The molecule has 1 aromatic heterocycles. The van der Waals surface area contributed by atoms with Gasteiger partial charge in [0, 0.05) is 24.3 Å². The summed E-state index contributed by atoms with van der Waals surface area (Å²) in [6.07, 6.45) is 5.41. The highest BCUT2D eigenvalue weighted by molar-refractivity contribution is 5.26. The lowest BCUT2D eigenvalue weighted by atomic mass is 9.85. The Morgan fingerprint density at radius 2 is 2.38 bits per heavy atom. The lowest BCUT2D eigenvalue weighted by molar-refractivity contribution is 0.00610. The van der Waals surface area contributed by atoms with Crippen LogP contribution in [0.1, 0.15) is 24.8 Å². The van der Waals surface area contributed by atoms with Crippen molar-refractivity contribution in [2.75, 3.05) is 13.1 Å². The van der Waals surface area contributed by atoms with E-state index in [2.05, 4.69) is 9.88 Å². The van der Waals surface area contributed by atoms with Crippen LogP contribution in [-0.4, -0.2) is 34.1 Å². The molecule has 3 heterocycles. The summed E-state index contributed by atoms with van der Waals surface area (Å²) in [4.78, 5) is 6.00. The minimum Gasteiger partial charge on any atom is -0.383 e. The van der Waals surface area contributed by atoms with Crippen molar-refractivity contribution < 1.29 is 9.50 Å². The topological polar surface area (TPSA) is 36.4 Å². The molecule has 86 valence electrons. The molecule has 2 fully saturated rings. The van der Waals surface area contributed by atoms with Crippen LogP contribution >= 0.6 is 0 Å². The van der Waals surface area contributed by atoms with E-state index in [9.17, 15) is 9.50 Å². The molecule has 0 bridgehead atoms. The summed E-state index contributed by atoms with van der Waals surface area (Å²) in [6, 6.07) is 1.70. The second-order valence-corrected chi connectivity index (χ2v) is 4.72. The summed E-state index contributed by atoms with van der Waals surface area (Å²) in [7, 11) is 0. The first-order chi connectivity index (χ1) is 7.72. The summed E-state index contributed by atoms with van der Waals surface area (Å²) in [5.41, 5.74) is -0.597. The van der Waals surface area contributed by atoms with Crippen LogP contribution < -0.4 is 0 Å². The molecular formula is C12H15FN2O. The molecule has 1 aromatic rings. The Kier molecular flexibility index (Phi) is 2.23. The van der Waals surface area contributed by atoms with Crippen LogP contribution in [0.15, 0.2) is 18.5 Å². The van der Waals surface area contributed by atoms with Crippen LogP contribution in [0.5, 0.6) is 0 Å². The number of rotatable bonds is 1. The van der Waals surface area contributed by atoms with Gasteiger partial charge in [0.15, 0.2) is 0 Å². The normalized spacial score (nSPS) is 34.2. The molecule has 3 nitrogen and oxygen atoms in total. The zero-order valence-corrected chi connectivity index (χ0v) is 9.06. The molecule has 2 saturated heterocycles. The van der Waals surface area contributed by atoms with Crippen molar-refractivity contribution in [3.05, 3.63) is 29.8 Å². The predicted octanol–water partition coefficient (Wildman–Crippen LogP) is 1.28. The summed E-state index contributed by atoms with van der Waals surface area (Å²) < 4.78 is 13.7. The van der Waals surface area contributed by atoms with E-state index < -0.39 is 11.4 Å². The van der Waals surface area contributed by atoms with Gasteiger partial charge in [-0.2, -0.15) is 0 Å². The van der Waals surface area contributed by atoms with E-state index in [1.54, 1.807) is 12.3 Å². The van der Waals surface area contributed by atoms with Crippen molar-refractivity contribution in [2.45, 2.75) is 30.9 Å². The molecule has 0 aromatic carbocycles. The Morgan fingerprint density at radius 3 is 3.19 bits per heavy atom. The largest absolute Gasteiger partial charge is 0.383 e. The zero-order valence-electron chi connectivity index (χ0n) is 9.06. The average molecular weight is 222 g/mol. The van der Waals surface area contributed by atoms with Gasteiger partial charge >= 0.3 is 0 Å². The van der Waals surface area contributed by atoms with E-state index in [0.29, 0.717) is 12.0 Å². The van der Waals surface area contributed by atoms with Gasteiger partial charge in [-0.3, -0.25) is 9.88 Å². The van der Waals surface area contributed by atoms with Crippen molar-refractivity contribution in [1.82, 2.24) is 9.88 Å². The minimum atomic E-state index is -1.01. The zero-order chi connectivity index (χ0) is 11.2. The highest BCUT2D eigenvalue weighted by Crippen LogP contribution is 2.43. The maximum atomic E-state index is 13.7. The average Bonchev–Trinajstić information content (AvgIpc) is 2.84. The van der Waals surface area contributed by atoms with Gasteiger partial charge in [0.2, 0.25) is 0 Å². The molecule has 2 aliphatic rings. The fraction of sp³-hybridized carbons (Fsp3) is 0.583. The molecule has 4 heteroatoms. The van der Waals surface area contributed by atoms with Gasteiger partial charge in [-0.05, 0) is 31.9 Å². The highest BCUT2D eigenvalue weighted by Gasteiger charge is 2.50. The Bertz CT molecular complexity index is 412. The fourth-order valence-electron chi connectivity index (χ4n) is 3.16. The van der Waals surface area contributed by atoms with Crippen LogP contribution in [0.2, 0.25) is 0 Å². The first kappa shape index (κ1) is 10.2. The molecule has 0 saturated carbocycles. The van der Waals surface area contributed by atoms with Gasteiger partial charge in [-0.1, -0.05) is 0 Å². The van der Waals surface area contributed by atoms with Crippen molar-refractivity contribution in [3.8, 4) is 0 Å². The third kappa shape index (κ3) is 1.30. The van der Waals surface area contributed by atoms with Gasteiger partial charge in [0.05, 0.1) is 6.20 Å². The Morgan fingerprint density at radius 1 is 1.50 bits per heavy atom. The molecule has 0 aliphatic carbocycles. The lowest BCUT2D eigenvalue weighted by Gasteiger charge is -2.30. The van der Waals surface area contributed by atoms with Crippen LogP contribution in [0.25, 0.3) is 0 Å². The standard InChI is InChI=1S/C12H15FN2O/c13-10-8-14-5-3-9(10)12(16)4-7-15-6-1-2-11(12)15/h3,5,8,11,16H,1-2,4,6-7H2. The van der Waals surface area contributed by atoms with E-state index in [1.807, 2.05) is 0 Å². The second kappa shape index (κ2) is 3.50. The lowest BCUT2D eigenvalue weighted by Crippen LogP contribution is -2.39. The Labute approximate surface area is 93.9 Å². The third-order valence-electron chi connectivity index (χ3n) is 3.93. The monoisotopic (exact) mass is 222 g/mol. The summed E-state index contributed by atoms with van der Waals surface area (Å²) in [6.45, 7) is 1.89. The number of fused-ring (bicyclic) bond motifs is 1. The van der Waals surface area contributed by atoms with Crippen molar-refractivity contribution in [1.29, 1.82) is 0 Å². The molecule has 3 rings (SSSR count). The van der Waals surface area contributed by atoms with Crippen molar-refractivity contribution >= 4 is 0 Å². The van der Waals surface area contributed by atoms with Gasteiger partial charge in [-0.25, -0.2) is 4.39 Å². The number of halogens is 1. The van der Waals surface area contributed by atoms with Crippen LogP contribution in [0.4, 0.5) is 4.39 Å². The third-order valence-corrected chi connectivity index (χ3v) is 3.93. The molecule has 0 radical (unpaired) electrons. The fourth-order valence-corrected chi connectivity index (χ4v) is 3.16. The van der Waals surface area contributed by atoms with E-state index in [1.165, 1.54) is 6.20 Å². The van der Waals surface area contributed by atoms with Crippen molar-refractivity contribution in [2.24, 2.45) is 0 Å². The van der Waals surface area contributed by atoms with E-state index in [4.69, 9.17) is 0 Å². The number of pyridine rings is 1. The van der Waals surface area contributed by atoms with E-state index in [0.717, 1.165) is 25.9 Å². The number of nitrogens with zero attached hydrogens (tertiary/aromatic N) is 2. The summed E-state index contributed by atoms with van der Waals surface area (Å²) in [5, 5.41) is 10.7. The van der Waals surface area contributed by atoms with E-state index in [-0.39, 0.29) is 6.04 Å². The maximum absolute atomic E-state index is 13.7. The first-order valence-corrected chi connectivity index (χ1v) is 5.78. The molecule has 2 unspecified atom stereocenters. The van der Waals surface area contributed by atoms with Crippen LogP contribution in [-0.2, 0) is 5.60 Å². The molecule has 0 amide bonds. The summed E-state index contributed by atoms with van der Waals surface area (Å²) in [5.74, 6) is -0.390. The molecule has 16 heavy (non-hydrogen) atoms. The van der Waals surface area contributed by atoms with Crippen LogP contribution in [0, 0.1) is 5.82 Å². The van der Waals surface area contributed by atoms with Gasteiger partial charge in [-0.15, -0.1) is 0 Å². The number of aromatic nitrogens is 1. The SMILES string of the molecule is OC1(c2ccncc2F)CCN2CCCC21. The highest BCUT2D eigenvalue weighted by atomic mass is 19.1. The number of hydrogen-bond donors (Lipinski definition) is 1. The van der Waals surface area contributed by atoms with Crippen molar-refractivity contribution in [3.63, 3.8) is 0 Å². The predicted molar refractivity (Wildman–Crippen MR) is 57.3 cm³/mol. The Hall–Kier alpha value is -1.00. The number of hydrogen-bond acceptors (Lipinski definition) is 3. The minimum absolute atomic E-state index is 0.0874. The molecule has 0 spiro atoms. The smallest absolute Gasteiger partial charge is 0.147 e. The van der Waals surface area contributed by atoms with Gasteiger partial charge < -0.3 is 5.11 Å². The number of aliphatic hydroxyl groups is 1. The van der Waals surface area contributed by atoms with Crippen LogP contribution in [0.3, 0.4) is 0 Å². The Balaban J connectivity index is 2.02. The molecular weight excluding hydrogens is 207 g/mol. The molecule has 2 atom stereocenters. The molecule has 2 aliphatic heterocycles. The maximum Gasteiger partial charge on any atom is 0.147 e. The second-order valence-electron chi connectivity index (χ2n) is 4.72. The van der Waals surface area contributed by atoms with Gasteiger partial charge in [0.25, 0.3) is 0 Å². The quantitative estimate of drug-likeness (QED) is 0.777. The van der Waals surface area contributed by atoms with E-state index >= 15 is 0 Å². The first-order valence-electron chi connectivity index (χ1n) is 5.78. The molecule has 1 N–H and O–H groups in total.